The predicted molar refractivity (Wildman–Crippen MR) is 98.2 cm³/mol. The Kier molecular flexibility index (Phi) is 6.36. The summed E-state index contributed by atoms with van der Waals surface area (Å²) >= 11 is 0. The number of carbonyl (C=O) groups is 1. The van der Waals surface area contributed by atoms with E-state index in [1.807, 2.05) is 38.1 Å². The molecular weight excluding hydrogens is 300 g/mol. The van der Waals surface area contributed by atoms with E-state index in [1.165, 1.54) is 5.56 Å². The summed E-state index contributed by atoms with van der Waals surface area (Å²) in [6, 6.07) is 7.76. The van der Waals surface area contributed by atoms with E-state index in [1.54, 1.807) is 0 Å². The van der Waals surface area contributed by atoms with Gasteiger partial charge in [-0.25, -0.2) is 5.43 Å². The first-order chi connectivity index (χ1) is 11.5. The Morgan fingerprint density at radius 2 is 2.08 bits per heavy atom. The molecule has 0 radical (unpaired) electrons. The van der Waals surface area contributed by atoms with Crippen LogP contribution in [0.25, 0.3) is 0 Å². The summed E-state index contributed by atoms with van der Waals surface area (Å²) in [5.41, 5.74) is 7.01. The summed E-state index contributed by atoms with van der Waals surface area (Å²) in [6.45, 7) is 10.1. The van der Waals surface area contributed by atoms with Gasteiger partial charge in [-0.05, 0) is 62.3 Å². The van der Waals surface area contributed by atoms with Crippen molar-refractivity contribution in [3.8, 4) is 5.75 Å². The molecule has 0 aliphatic heterocycles. The number of benzene rings is 1. The van der Waals surface area contributed by atoms with Crippen molar-refractivity contribution >= 4 is 11.6 Å². The molecule has 4 heteroatoms. The number of allylic oxidation sites excluding steroid dienone is 3. The Labute approximate surface area is 144 Å². The van der Waals surface area contributed by atoms with E-state index in [-0.39, 0.29) is 12.5 Å². The van der Waals surface area contributed by atoms with E-state index in [9.17, 15) is 4.79 Å². The van der Waals surface area contributed by atoms with Gasteiger partial charge in [-0.15, -0.1) is 0 Å². The van der Waals surface area contributed by atoms with Crippen LogP contribution in [0.15, 0.2) is 53.2 Å². The molecule has 24 heavy (non-hydrogen) atoms. The smallest absolute Gasteiger partial charge is 0.277 e. The average Bonchev–Trinajstić information content (AvgIpc) is 2.59. The zero-order chi connectivity index (χ0) is 17.5. The van der Waals surface area contributed by atoms with Crippen LogP contribution in [-0.2, 0) is 11.2 Å². The number of carbonyl (C=O) groups excluding carboxylic acids is 1. The van der Waals surface area contributed by atoms with E-state index in [4.69, 9.17) is 4.74 Å². The van der Waals surface area contributed by atoms with Gasteiger partial charge in [0.25, 0.3) is 5.91 Å². The lowest BCUT2D eigenvalue weighted by molar-refractivity contribution is -0.123. The van der Waals surface area contributed by atoms with Crippen LogP contribution in [-0.4, -0.2) is 18.2 Å². The normalized spacial score (nSPS) is 18.9. The summed E-state index contributed by atoms with van der Waals surface area (Å²) in [7, 11) is 0. The summed E-state index contributed by atoms with van der Waals surface area (Å²) in [6.07, 6.45) is 4.94. The molecule has 0 heterocycles. The first-order valence-electron chi connectivity index (χ1n) is 8.39. The Morgan fingerprint density at radius 3 is 2.71 bits per heavy atom. The lowest BCUT2D eigenvalue weighted by atomic mass is 9.85. The predicted octanol–water partition coefficient (Wildman–Crippen LogP) is 4.03. The van der Waals surface area contributed by atoms with E-state index in [0.717, 1.165) is 36.1 Å². The van der Waals surface area contributed by atoms with Gasteiger partial charge in [-0.1, -0.05) is 37.3 Å². The molecule has 1 N–H and O–H groups in total. The van der Waals surface area contributed by atoms with Gasteiger partial charge in [0, 0.05) is 0 Å². The first-order valence-corrected chi connectivity index (χ1v) is 8.39. The first kappa shape index (κ1) is 18.0. The molecule has 0 bridgehead atoms. The molecular formula is C20H26N2O2. The lowest BCUT2D eigenvalue weighted by Gasteiger charge is -2.22. The molecule has 1 unspecified atom stereocenters. The maximum absolute atomic E-state index is 11.9. The second kappa shape index (κ2) is 8.48. The molecule has 1 amide bonds. The monoisotopic (exact) mass is 326 g/mol. The molecule has 1 aliphatic carbocycles. The fourth-order valence-corrected chi connectivity index (χ4v) is 2.56. The summed E-state index contributed by atoms with van der Waals surface area (Å²) in [5.74, 6) is 0.830. The third-order valence-electron chi connectivity index (χ3n) is 4.32. The van der Waals surface area contributed by atoms with Gasteiger partial charge in [0.2, 0.25) is 0 Å². The lowest BCUT2D eigenvalue weighted by Crippen LogP contribution is -2.27. The van der Waals surface area contributed by atoms with Gasteiger partial charge < -0.3 is 4.74 Å². The number of ether oxygens (including phenoxy) is 1. The second-order valence-corrected chi connectivity index (χ2v) is 6.25. The third kappa shape index (κ3) is 5.08. The van der Waals surface area contributed by atoms with Crippen molar-refractivity contribution in [2.75, 3.05) is 6.61 Å². The van der Waals surface area contributed by atoms with Gasteiger partial charge in [0.05, 0.1) is 5.71 Å². The Morgan fingerprint density at radius 1 is 1.38 bits per heavy atom. The van der Waals surface area contributed by atoms with Crippen LogP contribution in [0.3, 0.4) is 0 Å². The minimum Gasteiger partial charge on any atom is -0.484 e. The standard InChI is InChI=1S/C20H26N2O2/c1-5-16-7-10-18(11-8-16)24-13-20(23)22-21-19-12-17(14(2)3)9-6-15(19)4/h6-8,10-11,17H,2,5,9,12-13H2,1,3-4H3,(H,22,23)/b21-19+. The Hall–Kier alpha value is -2.36. The van der Waals surface area contributed by atoms with Crippen LogP contribution in [0.4, 0.5) is 0 Å². The summed E-state index contributed by atoms with van der Waals surface area (Å²) < 4.78 is 5.48. The maximum atomic E-state index is 11.9. The van der Waals surface area contributed by atoms with Gasteiger partial charge in [0.1, 0.15) is 5.75 Å². The molecule has 0 saturated heterocycles. The number of aryl methyl sites for hydroxylation is 1. The molecule has 0 spiro atoms. The zero-order valence-corrected chi connectivity index (χ0v) is 14.8. The highest BCUT2D eigenvalue weighted by molar-refractivity contribution is 6.01. The van der Waals surface area contributed by atoms with Gasteiger partial charge >= 0.3 is 0 Å². The number of nitrogens with zero attached hydrogens (tertiary/aromatic N) is 1. The number of amides is 1. The Balaban J connectivity index is 1.86. The summed E-state index contributed by atoms with van der Waals surface area (Å²) in [5, 5.41) is 4.26. The minimum absolute atomic E-state index is 0.0467. The van der Waals surface area contributed by atoms with E-state index in [0.29, 0.717) is 11.7 Å². The van der Waals surface area contributed by atoms with Gasteiger partial charge in [-0.2, -0.15) is 5.10 Å². The molecule has 1 aromatic carbocycles. The second-order valence-electron chi connectivity index (χ2n) is 6.25. The van der Waals surface area contributed by atoms with Crippen LogP contribution in [0, 0.1) is 5.92 Å². The highest BCUT2D eigenvalue weighted by Gasteiger charge is 2.18. The molecule has 1 aliphatic rings. The van der Waals surface area contributed by atoms with Crippen molar-refractivity contribution in [2.45, 2.75) is 40.0 Å². The molecule has 128 valence electrons. The number of hydrogen-bond acceptors (Lipinski definition) is 3. The maximum Gasteiger partial charge on any atom is 0.277 e. The number of hydrogen-bond donors (Lipinski definition) is 1. The number of hydrazone groups is 1. The van der Waals surface area contributed by atoms with E-state index >= 15 is 0 Å². The zero-order valence-electron chi connectivity index (χ0n) is 14.8. The summed E-state index contributed by atoms with van der Waals surface area (Å²) in [4.78, 5) is 11.9. The largest absolute Gasteiger partial charge is 0.484 e. The van der Waals surface area contributed by atoms with Crippen LogP contribution >= 0.6 is 0 Å². The molecule has 1 aromatic rings. The van der Waals surface area contributed by atoms with Gasteiger partial charge in [-0.3, -0.25) is 4.79 Å². The molecule has 2 rings (SSSR count). The quantitative estimate of drug-likeness (QED) is 0.634. The topological polar surface area (TPSA) is 50.7 Å². The van der Waals surface area contributed by atoms with Crippen molar-refractivity contribution in [3.63, 3.8) is 0 Å². The highest BCUT2D eigenvalue weighted by atomic mass is 16.5. The fraction of sp³-hybridized carbons (Fsp3) is 0.400. The van der Waals surface area contributed by atoms with Crippen LogP contribution in [0.2, 0.25) is 0 Å². The molecule has 4 nitrogen and oxygen atoms in total. The minimum atomic E-state index is -0.257. The molecule has 0 saturated carbocycles. The molecule has 0 fully saturated rings. The molecule has 0 aromatic heterocycles. The number of rotatable bonds is 6. The Bertz CT molecular complexity index is 657. The third-order valence-corrected chi connectivity index (χ3v) is 4.32. The van der Waals surface area contributed by atoms with E-state index in [2.05, 4.69) is 30.1 Å². The van der Waals surface area contributed by atoms with E-state index < -0.39 is 0 Å². The highest BCUT2D eigenvalue weighted by Crippen LogP contribution is 2.26. The van der Waals surface area contributed by atoms with Crippen molar-refractivity contribution in [1.82, 2.24) is 5.43 Å². The van der Waals surface area contributed by atoms with Crippen LogP contribution in [0.1, 0.15) is 39.2 Å². The van der Waals surface area contributed by atoms with Crippen molar-refractivity contribution < 1.29 is 9.53 Å². The fourth-order valence-electron chi connectivity index (χ4n) is 2.56. The SMILES string of the molecule is C=C(C)C1CC=C(C)/C(=N/NC(=O)COc2ccc(CC)cc2)C1. The number of nitrogens with one attached hydrogen (secondary N) is 1. The van der Waals surface area contributed by atoms with Crippen molar-refractivity contribution in [2.24, 2.45) is 11.0 Å². The van der Waals surface area contributed by atoms with Crippen LogP contribution in [0.5, 0.6) is 5.75 Å². The van der Waals surface area contributed by atoms with Crippen LogP contribution < -0.4 is 10.2 Å². The van der Waals surface area contributed by atoms with Crippen molar-refractivity contribution in [3.05, 3.63) is 53.6 Å². The molecule has 1 atom stereocenters. The van der Waals surface area contributed by atoms with Gasteiger partial charge in [0.15, 0.2) is 6.61 Å². The van der Waals surface area contributed by atoms with Crippen molar-refractivity contribution in [1.29, 1.82) is 0 Å². The average molecular weight is 326 g/mol.